The molecule has 98 valence electrons. The minimum atomic E-state index is 0.507. The monoisotopic (exact) mass is 247 g/mol. The Morgan fingerprint density at radius 3 is 2.67 bits per heavy atom. The van der Waals surface area contributed by atoms with E-state index >= 15 is 0 Å². The number of aryl methyl sites for hydroxylation is 1. The summed E-state index contributed by atoms with van der Waals surface area (Å²) >= 11 is 0. The van der Waals surface area contributed by atoms with E-state index in [2.05, 4.69) is 22.0 Å². The standard InChI is InChI=1S/C12H15N3O.C2H6/c1-2-3-4-8-11-14-12(16-15-11)10-7-5-6-9-13-10;1-2/h5-7,9H,2-4,8H2,1H3;1-2H3. The van der Waals surface area contributed by atoms with Gasteiger partial charge >= 0.3 is 0 Å². The number of aromatic nitrogens is 3. The molecule has 0 spiro atoms. The molecule has 0 bridgehead atoms. The van der Waals surface area contributed by atoms with Crippen molar-refractivity contribution < 1.29 is 4.52 Å². The van der Waals surface area contributed by atoms with Crippen molar-refractivity contribution in [2.75, 3.05) is 0 Å². The van der Waals surface area contributed by atoms with E-state index in [0.29, 0.717) is 5.89 Å². The SMILES string of the molecule is CC.CCCCCc1noc(-c2ccccn2)n1. The Balaban J connectivity index is 0.000000771. The van der Waals surface area contributed by atoms with Gasteiger partial charge in [0.05, 0.1) is 0 Å². The molecule has 4 heteroatoms. The van der Waals surface area contributed by atoms with E-state index in [9.17, 15) is 0 Å². The van der Waals surface area contributed by atoms with Crippen LogP contribution in [0.3, 0.4) is 0 Å². The molecular weight excluding hydrogens is 226 g/mol. The molecule has 0 N–H and O–H groups in total. The van der Waals surface area contributed by atoms with Crippen molar-refractivity contribution in [2.45, 2.75) is 46.5 Å². The highest BCUT2D eigenvalue weighted by Gasteiger charge is 2.08. The van der Waals surface area contributed by atoms with Crippen LogP contribution in [-0.2, 0) is 6.42 Å². The first-order chi connectivity index (χ1) is 8.90. The van der Waals surface area contributed by atoms with Crippen LogP contribution in [0.15, 0.2) is 28.9 Å². The number of hydrogen-bond donors (Lipinski definition) is 0. The predicted octanol–water partition coefficient (Wildman–Crippen LogP) is 3.89. The lowest BCUT2D eigenvalue weighted by Crippen LogP contribution is -1.88. The minimum absolute atomic E-state index is 0.507. The van der Waals surface area contributed by atoms with E-state index in [1.165, 1.54) is 12.8 Å². The van der Waals surface area contributed by atoms with Crippen LogP contribution in [0.4, 0.5) is 0 Å². The van der Waals surface area contributed by atoms with E-state index in [1.54, 1.807) is 6.20 Å². The molecule has 0 amide bonds. The molecule has 18 heavy (non-hydrogen) atoms. The number of unbranched alkanes of at least 4 members (excludes halogenated alkanes) is 2. The molecule has 0 radical (unpaired) electrons. The first-order valence-electron chi connectivity index (χ1n) is 6.64. The van der Waals surface area contributed by atoms with Gasteiger partial charge in [-0.25, -0.2) is 0 Å². The van der Waals surface area contributed by atoms with Gasteiger partial charge in [-0.1, -0.05) is 44.8 Å². The van der Waals surface area contributed by atoms with Crippen LogP contribution in [0.2, 0.25) is 0 Å². The van der Waals surface area contributed by atoms with Crippen molar-refractivity contribution in [3.8, 4) is 11.6 Å². The van der Waals surface area contributed by atoms with Crippen molar-refractivity contribution in [1.29, 1.82) is 0 Å². The Labute approximate surface area is 108 Å². The summed E-state index contributed by atoms with van der Waals surface area (Å²) in [5.74, 6) is 1.28. The second-order valence-corrected chi connectivity index (χ2v) is 3.69. The third-order valence-corrected chi connectivity index (χ3v) is 2.36. The number of pyridine rings is 1. The largest absolute Gasteiger partial charge is 0.332 e. The van der Waals surface area contributed by atoms with Crippen molar-refractivity contribution in [2.24, 2.45) is 0 Å². The molecule has 0 aliphatic carbocycles. The van der Waals surface area contributed by atoms with Crippen molar-refractivity contribution in [1.82, 2.24) is 15.1 Å². The minimum Gasteiger partial charge on any atom is -0.332 e. The average molecular weight is 247 g/mol. The molecule has 2 heterocycles. The van der Waals surface area contributed by atoms with Crippen molar-refractivity contribution in [3.05, 3.63) is 30.2 Å². The van der Waals surface area contributed by atoms with Gasteiger partial charge in [0.2, 0.25) is 0 Å². The van der Waals surface area contributed by atoms with Gasteiger partial charge in [-0.05, 0) is 18.6 Å². The molecule has 0 unspecified atom stereocenters. The molecule has 0 fully saturated rings. The van der Waals surface area contributed by atoms with Crippen LogP contribution in [0.1, 0.15) is 45.9 Å². The molecule has 2 rings (SSSR count). The van der Waals surface area contributed by atoms with Crippen molar-refractivity contribution in [3.63, 3.8) is 0 Å². The normalized spacial score (nSPS) is 9.72. The third kappa shape index (κ3) is 4.28. The van der Waals surface area contributed by atoms with Gasteiger partial charge < -0.3 is 4.52 Å². The van der Waals surface area contributed by atoms with Gasteiger partial charge in [0, 0.05) is 12.6 Å². The molecule has 4 nitrogen and oxygen atoms in total. The average Bonchev–Trinajstić information content (AvgIpc) is 2.91. The highest BCUT2D eigenvalue weighted by atomic mass is 16.5. The van der Waals surface area contributed by atoms with Crippen LogP contribution >= 0.6 is 0 Å². The molecule has 0 aliphatic rings. The van der Waals surface area contributed by atoms with Gasteiger partial charge in [-0.3, -0.25) is 4.98 Å². The van der Waals surface area contributed by atoms with Gasteiger partial charge in [-0.2, -0.15) is 4.98 Å². The summed E-state index contributed by atoms with van der Waals surface area (Å²) in [5.41, 5.74) is 0.733. The van der Waals surface area contributed by atoms with E-state index in [0.717, 1.165) is 24.4 Å². The fourth-order valence-corrected chi connectivity index (χ4v) is 1.48. The highest BCUT2D eigenvalue weighted by molar-refractivity contribution is 5.45. The Hall–Kier alpha value is -1.71. The molecule has 2 aromatic rings. The maximum atomic E-state index is 5.16. The Morgan fingerprint density at radius 1 is 1.17 bits per heavy atom. The van der Waals surface area contributed by atoms with E-state index < -0.39 is 0 Å². The van der Waals surface area contributed by atoms with Gasteiger partial charge in [0.1, 0.15) is 5.69 Å². The molecule has 0 aliphatic heterocycles. The second kappa shape index (κ2) is 8.39. The first-order valence-corrected chi connectivity index (χ1v) is 6.64. The maximum Gasteiger partial charge on any atom is 0.276 e. The predicted molar refractivity (Wildman–Crippen MR) is 72.1 cm³/mol. The number of rotatable bonds is 5. The molecule has 2 aromatic heterocycles. The highest BCUT2D eigenvalue weighted by Crippen LogP contribution is 2.14. The fraction of sp³-hybridized carbons (Fsp3) is 0.500. The smallest absolute Gasteiger partial charge is 0.276 e. The molecular formula is C14H21N3O. The molecule has 0 atom stereocenters. The summed E-state index contributed by atoms with van der Waals surface area (Å²) in [5, 5.41) is 3.94. The van der Waals surface area contributed by atoms with Crippen LogP contribution < -0.4 is 0 Å². The van der Waals surface area contributed by atoms with Crippen LogP contribution in [0.25, 0.3) is 11.6 Å². The zero-order chi connectivity index (χ0) is 13.2. The summed E-state index contributed by atoms with van der Waals surface area (Å²) in [6.45, 7) is 6.18. The quantitative estimate of drug-likeness (QED) is 0.752. The topological polar surface area (TPSA) is 51.8 Å². The van der Waals surface area contributed by atoms with Crippen LogP contribution in [-0.4, -0.2) is 15.1 Å². The number of hydrogen-bond acceptors (Lipinski definition) is 4. The zero-order valence-electron chi connectivity index (χ0n) is 11.4. The van der Waals surface area contributed by atoms with E-state index in [-0.39, 0.29) is 0 Å². The Morgan fingerprint density at radius 2 is 2.00 bits per heavy atom. The fourth-order valence-electron chi connectivity index (χ4n) is 1.48. The zero-order valence-corrected chi connectivity index (χ0v) is 11.4. The first kappa shape index (κ1) is 14.4. The molecule has 0 aromatic carbocycles. The summed E-state index contributed by atoms with van der Waals surface area (Å²) in [4.78, 5) is 8.47. The summed E-state index contributed by atoms with van der Waals surface area (Å²) in [6.07, 6.45) is 6.11. The number of nitrogens with zero attached hydrogens (tertiary/aromatic N) is 3. The third-order valence-electron chi connectivity index (χ3n) is 2.36. The lowest BCUT2D eigenvalue weighted by Gasteiger charge is -1.91. The van der Waals surface area contributed by atoms with Crippen molar-refractivity contribution >= 4 is 0 Å². The lowest BCUT2D eigenvalue weighted by atomic mass is 10.2. The summed E-state index contributed by atoms with van der Waals surface area (Å²) < 4.78 is 5.16. The summed E-state index contributed by atoms with van der Waals surface area (Å²) in [6, 6.07) is 5.63. The Kier molecular flexibility index (Phi) is 6.69. The van der Waals surface area contributed by atoms with Crippen LogP contribution in [0.5, 0.6) is 0 Å². The van der Waals surface area contributed by atoms with E-state index in [1.807, 2.05) is 32.0 Å². The van der Waals surface area contributed by atoms with E-state index in [4.69, 9.17) is 4.52 Å². The molecule has 0 saturated heterocycles. The lowest BCUT2D eigenvalue weighted by molar-refractivity contribution is 0.420. The van der Waals surface area contributed by atoms with Crippen LogP contribution in [0, 0.1) is 0 Å². The maximum absolute atomic E-state index is 5.16. The second-order valence-electron chi connectivity index (χ2n) is 3.69. The molecule has 0 saturated carbocycles. The van der Waals surface area contributed by atoms with Gasteiger partial charge in [0.15, 0.2) is 5.82 Å². The van der Waals surface area contributed by atoms with Gasteiger partial charge in [-0.15, -0.1) is 0 Å². The summed E-state index contributed by atoms with van der Waals surface area (Å²) in [7, 11) is 0. The van der Waals surface area contributed by atoms with Gasteiger partial charge in [0.25, 0.3) is 5.89 Å². The Bertz CT molecular complexity index is 426.